The lowest BCUT2D eigenvalue weighted by atomic mass is 10.1. The van der Waals surface area contributed by atoms with Crippen LogP contribution < -0.4 is 5.32 Å². The molecule has 4 rings (SSSR count). The highest BCUT2D eigenvalue weighted by Gasteiger charge is 2.23. The highest BCUT2D eigenvalue weighted by Crippen LogP contribution is 2.21. The maximum atomic E-state index is 12.9. The number of carbonyl (C=O) groups is 1. The molecule has 3 aromatic rings. The van der Waals surface area contributed by atoms with Gasteiger partial charge in [-0.1, -0.05) is 18.2 Å². The predicted octanol–water partition coefficient (Wildman–Crippen LogP) is 3.73. The number of carbonyl (C=O) groups excluding carboxylic acids is 1. The van der Waals surface area contributed by atoms with Crippen molar-refractivity contribution in [3.05, 3.63) is 78.4 Å². The standard InChI is InChI=1S/C23H26N4O2/c1-17-14-26(15-18(2)29-17)16-19-7-3-4-8-21(19)25-23(28)22-13-20(9-10-24-22)27-11-5-6-12-27/h3-13,17-18H,14-16H2,1-2H3,(H,25,28). The fraction of sp³-hybridized carbons (Fsp3) is 0.304. The van der Waals surface area contributed by atoms with Gasteiger partial charge in [0.15, 0.2) is 0 Å². The minimum Gasteiger partial charge on any atom is -0.373 e. The normalized spacial score (nSPS) is 19.8. The molecule has 0 radical (unpaired) electrons. The molecule has 1 aliphatic rings. The number of benzene rings is 1. The Morgan fingerprint density at radius 1 is 1.10 bits per heavy atom. The number of nitrogens with one attached hydrogen (secondary N) is 1. The summed E-state index contributed by atoms with van der Waals surface area (Å²) in [5, 5.41) is 3.04. The van der Waals surface area contributed by atoms with Crippen molar-refractivity contribution in [2.24, 2.45) is 0 Å². The largest absolute Gasteiger partial charge is 0.373 e. The van der Waals surface area contributed by atoms with E-state index in [0.29, 0.717) is 5.69 Å². The number of aromatic nitrogens is 2. The molecule has 1 fully saturated rings. The van der Waals surface area contributed by atoms with Crippen LogP contribution in [0.15, 0.2) is 67.1 Å². The van der Waals surface area contributed by atoms with E-state index in [4.69, 9.17) is 4.74 Å². The van der Waals surface area contributed by atoms with Crippen molar-refractivity contribution in [1.29, 1.82) is 0 Å². The Kier molecular flexibility index (Phi) is 5.74. The number of para-hydroxylation sites is 1. The highest BCUT2D eigenvalue weighted by molar-refractivity contribution is 6.03. The molecule has 0 saturated carbocycles. The minimum absolute atomic E-state index is 0.209. The van der Waals surface area contributed by atoms with Crippen molar-refractivity contribution in [2.75, 3.05) is 18.4 Å². The van der Waals surface area contributed by atoms with Gasteiger partial charge in [-0.15, -0.1) is 0 Å². The summed E-state index contributed by atoms with van der Waals surface area (Å²) in [5.74, 6) is -0.213. The van der Waals surface area contributed by atoms with Crippen molar-refractivity contribution < 1.29 is 9.53 Å². The van der Waals surface area contributed by atoms with Crippen molar-refractivity contribution in [2.45, 2.75) is 32.6 Å². The van der Waals surface area contributed by atoms with Gasteiger partial charge >= 0.3 is 0 Å². The van der Waals surface area contributed by atoms with E-state index < -0.39 is 0 Å². The van der Waals surface area contributed by atoms with Gasteiger partial charge in [-0.05, 0) is 49.7 Å². The van der Waals surface area contributed by atoms with Crippen LogP contribution in [0.3, 0.4) is 0 Å². The molecule has 2 atom stereocenters. The van der Waals surface area contributed by atoms with Crippen LogP contribution in [0.1, 0.15) is 29.9 Å². The molecule has 2 unspecified atom stereocenters. The van der Waals surface area contributed by atoms with Crippen LogP contribution in [0.4, 0.5) is 5.69 Å². The number of hydrogen-bond donors (Lipinski definition) is 1. The number of rotatable bonds is 5. The number of morpholine rings is 1. The van der Waals surface area contributed by atoms with E-state index >= 15 is 0 Å². The van der Waals surface area contributed by atoms with Crippen LogP contribution in [-0.4, -0.2) is 45.7 Å². The van der Waals surface area contributed by atoms with Gasteiger partial charge < -0.3 is 14.6 Å². The third kappa shape index (κ3) is 4.72. The van der Waals surface area contributed by atoms with Gasteiger partial charge in [-0.25, -0.2) is 0 Å². The van der Waals surface area contributed by atoms with Gasteiger partial charge in [0.2, 0.25) is 0 Å². The first-order valence-corrected chi connectivity index (χ1v) is 9.95. The van der Waals surface area contributed by atoms with Crippen LogP contribution in [0.25, 0.3) is 5.69 Å². The smallest absolute Gasteiger partial charge is 0.274 e. The third-order valence-corrected chi connectivity index (χ3v) is 5.03. The third-order valence-electron chi connectivity index (χ3n) is 5.03. The van der Waals surface area contributed by atoms with E-state index in [0.717, 1.165) is 36.6 Å². The number of pyridine rings is 1. The second-order valence-corrected chi connectivity index (χ2v) is 7.55. The Balaban J connectivity index is 1.50. The van der Waals surface area contributed by atoms with E-state index in [1.165, 1.54) is 0 Å². The molecule has 150 valence electrons. The molecule has 2 aromatic heterocycles. The van der Waals surface area contributed by atoms with Crippen LogP contribution in [0, 0.1) is 0 Å². The van der Waals surface area contributed by atoms with E-state index in [1.807, 2.05) is 53.4 Å². The topological polar surface area (TPSA) is 59.4 Å². The van der Waals surface area contributed by atoms with Crippen molar-refractivity contribution >= 4 is 11.6 Å². The second-order valence-electron chi connectivity index (χ2n) is 7.55. The van der Waals surface area contributed by atoms with E-state index in [2.05, 4.69) is 35.1 Å². The van der Waals surface area contributed by atoms with Gasteiger partial charge in [-0.2, -0.15) is 0 Å². The fourth-order valence-electron chi connectivity index (χ4n) is 3.83. The Morgan fingerprint density at radius 3 is 2.59 bits per heavy atom. The Labute approximate surface area is 171 Å². The molecule has 6 heteroatoms. The Morgan fingerprint density at radius 2 is 1.83 bits per heavy atom. The lowest BCUT2D eigenvalue weighted by Gasteiger charge is -2.35. The average Bonchev–Trinajstić information content (AvgIpc) is 3.24. The molecule has 6 nitrogen and oxygen atoms in total. The first kappa shape index (κ1) is 19.4. The quantitative estimate of drug-likeness (QED) is 0.721. The molecule has 1 N–H and O–H groups in total. The van der Waals surface area contributed by atoms with E-state index in [9.17, 15) is 4.79 Å². The maximum Gasteiger partial charge on any atom is 0.274 e. The zero-order chi connectivity index (χ0) is 20.2. The van der Waals surface area contributed by atoms with Crippen LogP contribution in [0.5, 0.6) is 0 Å². The molecular formula is C23H26N4O2. The number of hydrogen-bond acceptors (Lipinski definition) is 4. The molecule has 0 bridgehead atoms. The average molecular weight is 390 g/mol. The monoisotopic (exact) mass is 390 g/mol. The number of nitrogens with zero attached hydrogens (tertiary/aromatic N) is 3. The summed E-state index contributed by atoms with van der Waals surface area (Å²) < 4.78 is 7.78. The summed E-state index contributed by atoms with van der Waals surface area (Å²) in [6.45, 7) is 6.73. The second kappa shape index (κ2) is 8.59. The first-order chi connectivity index (χ1) is 14.1. The predicted molar refractivity (Wildman–Crippen MR) is 113 cm³/mol. The van der Waals surface area contributed by atoms with Gasteiger partial charge in [0.1, 0.15) is 5.69 Å². The molecule has 1 aromatic carbocycles. The summed E-state index contributed by atoms with van der Waals surface area (Å²) >= 11 is 0. The number of anilines is 1. The Bertz CT molecular complexity index is 961. The van der Waals surface area contributed by atoms with Gasteiger partial charge in [0, 0.05) is 49.6 Å². The van der Waals surface area contributed by atoms with Crippen LogP contribution >= 0.6 is 0 Å². The minimum atomic E-state index is -0.213. The lowest BCUT2D eigenvalue weighted by Crippen LogP contribution is -2.44. The summed E-state index contributed by atoms with van der Waals surface area (Å²) in [6.07, 6.45) is 5.96. The number of amides is 1. The molecule has 0 spiro atoms. The molecule has 1 aliphatic heterocycles. The molecule has 1 amide bonds. The van der Waals surface area contributed by atoms with Gasteiger partial charge in [-0.3, -0.25) is 14.7 Å². The van der Waals surface area contributed by atoms with Crippen LogP contribution in [-0.2, 0) is 11.3 Å². The molecule has 3 heterocycles. The molecule has 0 aliphatic carbocycles. The SMILES string of the molecule is CC1CN(Cc2ccccc2NC(=O)c2cc(-n3cccc3)ccn2)CC(C)O1. The molecular weight excluding hydrogens is 364 g/mol. The number of ether oxygens (including phenoxy) is 1. The highest BCUT2D eigenvalue weighted by atomic mass is 16.5. The molecule has 1 saturated heterocycles. The van der Waals surface area contributed by atoms with Gasteiger partial charge in [0.05, 0.1) is 12.2 Å². The fourth-order valence-corrected chi connectivity index (χ4v) is 3.83. The Hall–Kier alpha value is -2.96. The van der Waals surface area contributed by atoms with Crippen LogP contribution in [0.2, 0.25) is 0 Å². The van der Waals surface area contributed by atoms with E-state index in [1.54, 1.807) is 12.3 Å². The van der Waals surface area contributed by atoms with Crippen molar-refractivity contribution in [1.82, 2.24) is 14.5 Å². The summed E-state index contributed by atoms with van der Waals surface area (Å²) in [7, 11) is 0. The maximum absolute atomic E-state index is 12.9. The zero-order valence-electron chi connectivity index (χ0n) is 16.8. The zero-order valence-corrected chi connectivity index (χ0v) is 16.8. The van der Waals surface area contributed by atoms with Crippen molar-refractivity contribution in [3.63, 3.8) is 0 Å². The van der Waals surface area contributed by atoms with E-state index in [-0.39, 0.29) is 18.1 Å². The van der Waals surface area contributed by atoms with Gasteiger partial charge in [0.25, 0.3) is 5.91 Å². The summed E-state index contributed by atoms with van der Waals surface area (Å²) in [6, 6.07) is 15.5. The lowest BCUT2D eigenvalue weighted by molar-refractivity contribution is -0.0704. The molecule has 29 heavy (non-hydrogen) atoms. The van der Waals surface area contributed by atoms with Crippen molar-refractivity contribution in [3.8, 4) is 5.69 Å². The summed E-state index contributed by atoms with van der Waals surface area (Å²) in [5.41, 5.74) is 3.19. The summed E-state index contributed by atoms with van der Waals surface area (Å²) in [4.78, 5) is 19.5. The first-order valence-electron chi connectivity index (χ1n) is 9.95.